The molecule has 144 valence electrons. The van der Waals surface area contributed by atoms with Crippen molar-refractivity contribution in [2.75, 3.05) is 42.9 Å². The highest BCUT2D eigenvalue weighted by Crippen LogP contribution is 2.30. The van der Waals surface area contributed by atoms with E-state index < -0.39 is 0 Å². The molecule has 3 saturated heterocycles. The van der Waals surface area contributed by atoms with E-state index in [1.54, 1.807) is 0 Å². The van der Waals surface area contributed by atoms with Gasteiger partial charge in [-0.1, -0.05) is 42.5 Å². The number of rotatable bonds is 5. The second-order valence-corrected chi connectivity index (χ2v) is 7.64. The first-order valence-electron chi connectivity index (χ1n) is 10.2. The third kappa shape index (κ3) is 3.62. The third-order valence-electron chi connectivity index (χ3n) is 5.81. The average molecular weight is 374 g/mol. The lowest BCUT2D eigenvalue weighted by atomic mass is 10.1. The van der Waals surface area contributed by atoms with Gasteiger partial charge in [0.2, 0.25) is 0 Å². The predicted molar refractivity (Wildman–Crippen MR) is 115 cm³/mol. The summed E-state index contributed by atoms with van der Waals surface area (Å²) in [5.74, 6) is 0. The highest BCUT2D eigenvalue weighted by Gasteiger charge is 2.31. The van der Waals surface area contributed by atoms with Gasteiger partial charge in [0.05, 0.1) is 0 Å². The number of oxazole rings is 1. The van der Waals surface area contributed by atoms with Gasteiger partial charge in [0.25, 0.3) is 6.01 Å². The van der Waals surface area contributed by atoms with E-state index >= 15 is 0 Å². The van der Waals surface area contributed by atoms with Crippen molar-refractivity contribution in [1.29, 1.82) is 0 Å². The Labute approximate surface area is 165 Å². The standard InChI is InChI=1S/C23H26N4O/c1-2-5-18(6-3-1)7-4-12-24-19-8-9-22-21(17-19)25-23(28-22)27-16-15-26-13-10-20(27)11-14-26/h1-9,17,20,24H,10-16H2. The number of benzene rings is 2. The van der Waals surface area contributed by atoms with E-state index in [0.29, 0.717) is 6.04 Å². The smallest absolute Gasteiger partial charge is 0.298 e. The maximum Gasteiger partial charge on any atom is 0.298 e. The van der Waals surface area contributed by atoms with Crippen LogP contribution in [0.4, 0.5) is 11.7 Å². The van der Waals surface area contributed by atoms with Gasteiger partial charge >= 0.3 is 0 Å². The maximum atomic E-state index is 6.11. The topological polar surface area (TPSA) is 44.5 Å². The van der Waals surface area contributed by atoms with Crippen molar-refractivity contribution in [3.05, 3.63) is 60.2 Å². The molecule has 0 spiro atoms. The second-order valence-electron chi connectivity index (χ2n) is 7.64. The Bertz CT molecular complexity index is 957. The van der Waals surface area contributed by atoms with E-state index in [1.165, 1.54) is 31.5 Å². The fraction of sp³-hybridized carbons (Fsp3) is 0.348. The van der Waals surface area contributed by atoms with Crippen molar-refractivity contribution in [2.45, 2.75) is 18.9 Å². The van der Waals surface area contributed by atoms with Gasteiger partial charge < -0.3 is 19.5 Å². The van der Waals surface area contributed by atoms with Crippen LogP contribution in [0.3, 0.4) is 0 Å². The molecule has 5 heteroatoms. The number of piperidine rings is 1. The molecule has 1 aromatic heterocycles. The van der Waals surface area contributed by atoms with Crippen LogP contribution in [0, 0.1) is 0 Å². The number of hydrogen-bond acceptors (Lipinski definition) is 5. The molecular weight excluding hydrogens is 348 g/mol. The fourth-order valence-corrected chi connectivity index (χ4v) is 4.22. The summed E-state index contributed by atoms with van der Waals surface area (Å²) in [6.45, 7) is 5.29. The summed E-state index contributed by atoms with van der Waals surface area (Å²) < 4.78 is 6.11. The molecule has 0 unspecified atom stereocenters. The van der Waals surface area contributed by atoms with Gasteiger partial charge in [0, 0.05) is 44.5 Å². The van der Waals surface area contributed by atoms with E-state index in [-0.39, 0.29) is 0 Å². The lowest BCUT2D eigenvalue weighted by molar-refractivity contribution is 0.249. The zero-order valence-corrected chi connectivity index (χ0v) is 16.1. The van der Waals surface area contributed by atoms with Gasteiger partial charge in [0.1, 0.15) is 5.52 Å². The molecule has 0 radical (unpaired) electrons. The van der Waals surface area contributed by atoms with Crippen molar-refractivity contribution in [3.8, 4) is 0 Å². The van der Waals surface area contributed by atoms with Crippen molar-refractivity contribution >= 4 is 28.9 Å². The molecule has 3 aliphatic heterocycles. The number of nitrogens with one attached hydrogen (secondary N) is 1. The first-order chi connectivity index (χ1) is 13.8. The maximum absolute atomic E-state index is 6.11. The summed E-state index contributed by atoms with van der Waals surface area (Å²) in [7, 11) is 0. The largest absolute Gasteiger partial charge is 0.423 e. The average Bonchev–Trinajstić information content (AvgIpc) is 2.92. The highest BCUT2D eigenvalue weighted by atomic mass is 16.4. The Balaban J connectivity index is 1.28. The van der Waals surface area contributed by atoms with E-state index in [1.807, 2.05) is 12.1 Å². The number of aromatic nitrogens is 1. The quantitative estimate of drug-likeness (QED) is 0.724. The number of fused-ring (bicyclic) bond motifs is 5. The first kappa shape index (κ1) is 17.3. The van der Waals surface area contributed by atoms with Gasteiger partial charge in [-0.15, -0.1) is 0 Å². The lowest BCUT2D eigenvalue weighted by Gasteiger charge is -2.30. The van der Waals surface area contributed by atoms with Crippen LogP contribution >= 0.6 is 0 Å². The summed E-state index contributed by atoms with van der Waals surface area (Å²) in [5.41, 5.74) is 4.06. The van der Waals surface area contributed by atoms with Gasteiger partial charge in [0.15, 0.2) is 5.58 Å². The minimum Gasteiger partial charge on any atom is -0.423 e. The zero-order valence-electron chi connectivity index (χ0n) is 16.1. The van der Waals surface area contributed by atoms with Gasteiger partial charge in [-0.25, -0.2) is 0 Å². The predicted octanol–water partition coefficient (Wildman–Crippen LogP) is 4.24. The van der Waals surface area contributed by atoms with Crippen LogP contribution in [0.1, 0.15) is 18.4 Å². The summed E-state index contributed by atoms with van der Waals surface area (Å²) in [6.07, 6.45) is 6.68. The van der Waals surface area contributed by atoms with Crippen LogP contribution in [0.2, 0.25) is 0 Å². The van der Waals surface area contributed by atoms with Crippen LogP contribution < -0.4 is 10.2 Å². The second kappa shape index (κ2) is 7.68. The molecule has 2 bridgehead atoms. The zero-order chi connectivity index (χ0) is 18.8. The Morgan fingerprint density at radius 3 is 2.75 bits per heavy atom. The molecule has 0 amide bonds. The molecule has 1 N–H and O–H groups in total. The summed E-state index contributed by atoms with van der Waals surface area (Å²) in [4.78, 5) is 9.74. The molecule has 0 saturated carbocycles. The van der Waals surface area contributed by atoms with Gasteiger partial charge in [-0.05, 0) is 36.6 Å². The van der Waals surface area contributed by atoms with E-state index in [2.05, 4.69) is 63.7 Å². The molecule has 3 aliphatic rings. The number of nitrogens with zero attached hydrogens (tertiary/aromatic N) is 3. The number of hydrogen-bond donors (Lipinski definition) is 1. The van der Waals surface area contributed by atoms with Crippen LogP contribution in [-0.2, 0) is 0 Å². The molecule has 2 aromatic carbocycles. The highest BCUT2D eigenvalue weighted by molar-refractivity contribution is 5.79. The Morgan fingerprint density at radius 1 is 1.04 bits per heavy atom. The van der Waals surface area contributed by atoms with Crippen LogP contribution in [0.15, 0.2) is 59.0 Å². The molecule has 5 nitrogen and oxygen atoms in total. The number of anilines is 2. The molecule has 4 heterocycles. The van der Waals surface area contributed by atoms with Gasteiger partial charge in [-0.3, -0.25) is 0 Å². The summed E-state index contributed by atoms with van der Waals surface area (Å²) >= 11 is 0. The summed E-state index contributed by atoms with van der Waals surface area (Å²) in [5, 5.41) is 3.44. The van der Waals surface area contributed by atoms with Crippen molar-refractivity contribution in [1.82, 2.24) is 9.88 Å². The third-order valence-corrected chi connectivity index (χ3v) is 5.81. The van der Waals surface area contributed by atoms with Crippen LogP contribution in [-0.4, -0.2) is 48.6 Å². The minimum atomic E-state index is 0.563. The molecule has 0 aliphatic carbocycles. The van der Waals surface area contributed by atoms with Crippen molar-refractivity contribution in [3.63, 3.8) is 0 Å². The van der Waals surface area contributed by atoms with E-state index in [4.69, 9.17) is 9.40 Å². The molecule has 0 atom stereocenters. The fourth-order valence-electron chi connectivity index (χ4n) is 4.22. The Hall–Kier alpha value is -2.79. The van der Waals surface area contributed by atoms with Gasteiger partial charge in [-0.2, -0.15) is 4.98 Å². The Kier molecular flexibility index (Phi) is 4.75. The molecule has 3 aromatic rings. The van der Waals surface area contributed by atoms with Crippen LogP contribution in [0.25, 0.3) is 17.2 Å². The SMILES string of the molecule is C(=Cc1ccccc1)CNc1ccc2oc(N3CCN4CCC3CC4)nc2c1. The summed E-state index contributed by atoms with van der Waals surface area (Å²) in [6, 6.07) is 17.9. The normalized spacial score (nSPS) is 22.1. The van der Waals surface area contributed by atoms with Crippen molar-refractivity contribution < 1.29 is 4.42 Å². The molecule has 28 heavy (non-hydrogen) atoms. The monoisotopic (exact) mass is 374 g/mol. The first-order valence-corrected chi connectivity index (χ1v) is 10.2. The van der Waals surface area contributed by atoms with Crippen molar-refractivity contribution in [2.24, 2.45) is 0 Å². The van der Waals surface area contributed by atoms with Crippen LogP contribution in [0.5, 0.6) is 0 Å². The lowest BCUT2D eigenvalue weighted by Crippen LogP contribution is -2.38. The molecular formula is C23H26N4O. The van der Waals surface area contributed by atoms with E-state index in [0.717, 1.165) is 42.4 Å². The Morgan fingerprint density at radius 2 is 1.89 bits per heavy atom. The molecule has 3 fully saturated rings. The molecule has 6 rings (SSSR count). The van der Waals surface area contributed by atoms with E-state index in [9.17, 15) is 0 Å². The minimum absolute atomic E-state index is 0.563.